The van der Waals surface area contributed by atoms with Gasteiger partial charge >= 0.3 is 0 Å². The molecule has 0 aliphatic carbocycles. The van der Waals surface area contributed by atoms with E-state index in [1.54, 1.807) is 17.0 Å². The van der Waals surface area contributed by atoms with Crippen LogP contribution in [0, 0.1) is 6.92 Å². The summed E-state index contributed by atoms with van der Waals surface area (Å²) < 4.78 is 11.2. The second-order valence-corrected chi connectivity index (χ2v) is 8.86. The number of aliphatic hydroxyl groups is 1. The second kappa shape index (κ2) is 9.44. The van der Waals surface area contributed by atoms with Crippen LogP contribution in [-0.2, 0) is 9.53 Å². The van der Waals surface area contributed by atoms with E-state index in [1.165, 1.54) is 0 Å². The molecule has 7 nitrogen and oxygen atoms in total. The van der Waals surface area contributed by atoms with Gasteiger partial charge in [-0.3, -0.25) is 14.5 Å². The smallest absolute Gasteiger partial charge is 0.290 e. The predicted octanol–water partition coefficient (Wildman–Crippen LogP) is 4.04. The van der Waals surface area contributed by atoms with Gasteiger partial charge in [-0.2, -0.15) is 0 Å². The highest BCUT2D eigenvalue weighted by Crippen LogP contribution is 2.39. The summed E-state index contributed by atoms with van der Waals surface area (Å²) in [4.78, 5) is 30.6. The third-order valence-electron chi connectivity index (χ3n) is 6.57. The fourth-order valence-electron chi connectivity index (χ4n) is 4.73. The van der Waals surface area contributed by atoms with E-state index in [1.807, 2.05) is 49.4 Å². The minimum Gasteiger partial charge on any atom is -0.503 e. The quantitative estimate of drug-likeness (QED) is 0.536. The van der Waals surface area contributed by atoms with Crippen molar-refractivity contribution in [1.82, 2.24) is 9.80 Å². The number of nitrogens with zero attached hydrogens (tertiary/aromatic N) is 2. The van der Waals surface area contributed by atoms with Gasteiger partial charge < -0.3 is 19.2 Å². The van der Waals surface area contributed by atoms with E-state index in [9.17, 15) is 14.7 Å². The SMILES string of the molecule is Cc1ccc([C@@H]2C(C(=O)c3cc4ccccc4o3)=C(O)C(=O)N2CCCN2CCOCC2)cc1. The van der Waals surface area contributed by atoms with Crippen LogP contribution in [0.15, 0.2) is 70.3 Å². The molecule has 0 spiro atoms. The normalized spacial score (nSPS) is 19.4. The molecule has 2 aliphatic rings. The maximum atomic E-state index is 13.6. The minimum atomic E-state index is -0.668. The molecule has 3 heterocycles. The molecular weight excluding hydrogens is 432 g/mol. The minimum absolute atomic E-state index is 0.0688. The number of fused-ring (bicyclic) bond motifs is 1. The van der Waals surface area contributed by atoms with Gasteiger partial charge in [0, 0.05) is 31.6 Å². The number of carbonyl (C=O) groups excluding carboxylic acids is 2. The van der Waals surface area contributed by atoms with Crippen molar-refractivity contribution in [2.45, 2.75) is 19.4 Å². The maximum absolute atomic E-state index is 13.6. The predicted molar refractivity (Wildman–Crippen MR) is 128 cm³/mol. The number of ether oxygens (including phenoxy) is 1. The Balaban J connectivity index is 1.45. The maximum Gasteiger partial charge on any atom is 0.290 e. The number of hydrogen-bond acceptors (Lipinski definition) is 6. The fourth-order valence-corrected chi connectivity index (χ4v) is 4.73. The molecule has 7 heteroatoms. The van der Waals surface area contributed by atoms with E-state index in [0.717, 1.165) is 42.6 Å². The van der Waals surface area contributed by atoms with Crippen molar-refractivity contribution in [3.05, 3.63) is 82.8 Å². The summed E-state index contributed by atoms with van der Waals surface area (Å²) in [6.07, 6.45) is 0.730. The van der Waals surface area contributed by atoms with Crippen molar-refractivity contribution in [3.8, 4) is 0 Å². The molecule has 1 saturated heterocycles. The van der Waals surface area contributed by atoms with Crippen molar-refractivity contribution in [2.75, 3.05) is 39.4 Å². The Morgan fingerprint density at radius 1 is 1.06 bits per heavy atom. The van der Waals surface area contributed by atoms with Crippen LogP contribution in [0.25, 0.3) is 11.0 Å². The van der Waals surface area contributed by atoms with Crippen LogP contribution in [0.4, 0.5) is 0 Å². The van der Waals surface area contributed by atoms with Gasteiger partial charge in [0.2, 0.25) is 5.78 Å². The highest BCUT2D eigenvalue weighted by Gasteiger charge is 2.44. The van der Waals surface area contributed by atoms with Gasteiger partial charge in [0.25, 0.3) is 5.91 Å². The summed E-state index contributed by atoms with van der Waals surface area (Å²) in [6, 6.07) is 16.1. The van der Waals surface area contributed by atoms with Crippen LogP contribution in [0.3, 0.4) is 0 Å². The summed E-state index contributed by atoms with van der Waals surface area (Å²) >= 11 is 0. The zero-order valence-corrected chi connectivity index (χ0v) is 19.2. The standard InChI is InChI=1S/C27H28N2O5/c1-18-7-9-19(10-8-18)24-23(25(30)22-17-20-5-2-3-6-21(20)34-22)26(31)27(32)29(24)12-4-11-28-13-15-33-16-14-28/h2-3,5-10,17,24,31H,4,11-16H2,1H3/t24-/m1/s1. The molecule has 5 rings (SSSR count). The van der Waals surface area contributed by atoms with Crippen LogP contribution in [0.5, 0.6) is 0 Å². The average Bonchev–Trinajstić information content (AvgIpc) is 3.40. The summed E-state index contributed by atoms with van der Waals surface area (Å²) in [5, 5.41) is 11.7. The number of amides is 1. The number of carbonyl (C=O) groups is 2. The van der Waals surface area contributed by atoms with E-state index >= 15 is 0 Å². The van der Waals surface area contributed by atoms with Gasteiger partial charge in [0.05, 0.1) is 24.8 Å². The lowest BCUT2D eigenvalue weighted by Gasteiger charge is -2.30. The Morgan fingerprint density at radius 3 is 2.53 bits per heavy atom. The fraction of sp³-hybridized carbons (Fsp3) is 0.333. The molecule has 3 aromatic rings. The van der Waals surface area contributed by atoms with E-state index in [2.05, 4.69) is 4.90 Å². The first-order valence-corrected chi connectivity index (χ1v) is 11.7. The Morgan fingerprint density at radius 2 is 1.79 bits per heavy atom. The number of furan rings is 1. The average molecular weight is 461 g/mol. The largest absolute Gasteiger partial charge is 0.503 e. The van der Waals surface area contributed by atoms with Crippen LogP contribution < -0.4 is 0 Å². The summed E-state index contributed by atoms with van der Waals surface area (Å²) in [7, 11) is 0. The third kappa shape index (κ3) is 4.24. The number of rotatable bonds is 7. The van der Waals surface area contributed by atoms with E-state index in [4.69, 9.17) is 9.15 Å². The van der Waals surface area contributed by atoms with Gasteiger partial charge in [-0.15, -0.1) is 0 Å². The molecule has 0 radical (unpaired) electrons. The van der Waals surface area contributed by atoms with E-state index in [-0.39, 0.29) is 11.3 Å². The topological polar surface area (TPSA) is 83.2 Å². The molecule has 1 amide bonds. The Kier molecular flexibility index (Phi) is 6.22. The van der Waals surface area contributed by atoms with E-state index < -0.39 is 23.5 Å². The number of aliphatic hydroxyl groups excluding tert-OH is 1. The molecule has 0 unspecified atom stereocenters. The number of Topliss-reactive ketones (excluding diaryl/α,β-unsaturated/α-hetero) is 1. The second-order valence-electron chi connectivity index (χ2n) is 8.86. The number of ketones is 1. The van der Waals surface area contributed by atoms with Gasteiger partial charge in [-0.25, -0.2) is 0 Å². The molecule has 0 saturated carbocycles. The molecule has 1 N–H and O–H groups in total. The Labute approximate surface area is 198 Å². The molecule has 2 aliphatic heterocycles. The third-order valence-corrected chi connectivity index (χ3v) is 6.57. The molecule has 34 heavy (non-hydrogen) atoms. The molecule has 1 aromatic heterocycles. The first kappa shape index (κ1) is 22.4. The van der Waals surface area contributed by atoms with Crippen molar-refractivity contribution in [3.63, 3.8) is 0 Å². The molecule has 0 bridgehead atoms. The zero-order chi connectivity index (χ0) is 23.7. The molecule has 2 aromatic carbocycles. The first-order chi connectivity index (χ1) is 16.5. The monoisotopic (exact) mass is 460 g/mol. The van der Waals surface area contributed by atoms with Crippen molar-refractivity contribution in [2.24, 2.45) is 0 Å². The lowest BCUT2D eigenvalue weighted by molar-refractivity contribution is -0.129. The van der Waals surface area contributed by atoms with Crippen LogP contribution in [0.1, 0.15) is 34.1 Å². The van der Waals surface area contributed by atoms with Crippen LogP contribution in [0.2, 0.25) is 0 Å². The number of hydrogen-bond donors (Lipinski definition) is 1. The zero-order valence-electron chi connectivity index (χ0n) is 19.2. The number of aryl methyl sites for hydroxylation is 1. The summed E-state index contributed by atoms with van der Waals surface area (Å²) in [5.74, 6) is -1.37. The molecule has 1 fully saturated rings. The number of benzene rings is 2. The first-order valence-electron chi connectivity index (χ1n) is 11.7. The van der Waals surface area contributed by atoms with Crippen LogP contribution in [-0.4, -0.2) is 66.0 Å². The van der Waals surface area contributed by atoms with Gasteiger partial charge in [0.1, 0.15) is 5.58 Å². The van der Waals surface area contributed by atoms with Gasteiger partial charge in [-0.1, -0.05) is 48.0 Å². The molecular formula is C27H28N2O5. The van der Waals surface area contributed by atoms with Gasteiger partial charge in [0.15, 0.2) is 11.5 Å². The Bertz CT molecular complexity index is 1200. The molecule has 176 valence electrons. The molecule has 1 atom stereocenters. The lowest BCUT2D eigenvalue weighted by Crippen LogP contribution is -2.39. The number of para-hydroxylation sites is 1. The highest BCUT2D eigenvalue weighted by atomic mass is 16.5. The summed E-state index contributed by atoms with van der Waals surface area (Å²) in [6.45, 7) is 6.40. The summed E-state index contributed by atoms with van der Waals surface area (Å²) in [5.41, 5.74) is 2.52. The van der Waals surface area contributed by atoms with Crippen molar-refractivity contribution >= 4 is 22.7 Å². The van der Waals surface area contributed by atoms with Gasteiger partial charge in [-0.05, 0) is 31.0 Å². The number of morpholine rings is 1. The Hall–Kier alpha value is -3.42. The van der Waals surface area contributed by atoms with Crippen molar-refractivity contribution in [1.29, 1.82) is 0 Å². The highest BCUT2D eigenvalue weighted by molar-refractivity contribution is 6.16. The van der Waals surface area contributed by atoms with E-state index in [0.29, 0.717) is 25.3 Å². The lowest BCUT2D eigenvalue weighted by atomic mass is 9.94. The van der Waals surface area contributed by atoms with Crippen molar-refractivity contribution < 1.29 is 23.8 Å². The van der Waals surface area contributed by atoms with Crippen LogP contribution >= 0.6 is 0 Å².